The third kappa shape index (κ3) is 3.15. The average molecular weight is 335 g/mol. The maximum absolute atomic E-state index is 12.8. The molecule has 0 fully saturated rings. The lowest BCUT2D eigenvalue weighted by Gasteiger charge is -2.16. The summed E-state index contributed by atoms with van der Waals surface area (Å²) in [6.07, 6.45) is 0. The summed E-state index contributed by atoms with van der Waals surface area (Å²) in [4.78, 5) is 15.8. The minimum Gasteiger partial charge on any atom is -0.497 e. The van der Waals surface area contributed by atoms with E-state index in [1.165, 1.54) is 0 Å². The Labute approximate surface area is 146 Å². The molecular formula is C21H21NO3. The summed E-state index contributed by atoms with van der Waals surface area (Å²) in [5.74, 6) is 1.23. The SMILES string of the molecule is C=C(OCC)c1c(-c2ccc(OC)cc2)c(=O)[nH]c2cc(C)ccc12. The van der Waals surface area contributed by atoms with Crippen LogP contribution in [0, 0.1) is 6.92 Å². The molecule has 0 amide bonds. The van der Waals surface area contributed by atoms with E-state index >= 15 is 0 Å². The molecule has 4 nitrogen and oxygen atoms in total. The summed E-state index contributed by atoms with van der Waals surface area (Å²) < 4.78 is 10.9. The molecule has 0 saturated carbocycles. The van der Waals surface area contributed by atoms with Gasteiger partial charge in [0, 0.05) is 16.5 Å². The topological polar surface area (TPSA) is 51.3 Å². The lowest BCUT2D eigenvalue weighted by atomic mass is 9.95. The van der Waals surface area contributed by atoms with Gasteiger partial charge in [0.25, 0.3) is 5.56 Å². The zero-order valence-electron chi connectivity index (χ0n) is 14.7. The molecule has 2 aromatic carbocycles. The highest BCUT2D eigenvalue weighted by atomic mass is 16.5. The molecule has 0 aliphatic carbocycles. The van der Waals surface area contributed by atoms with Gasteiger partial charge in [-0.05, 0) is 43.2 Å². The van der Waals surface area contributed by atoms with Gasteiger partial charge in [-0.15, -0.1) is 0 Å². The summed E-state index contributed by atoms with van der Waals surface area (Å²) in [5.41, 5.74) is 3.76. The van der Waals surface area contributed by atoms with Gasteiger partial charge in [-0.25, -0.2) is 0 Å². The highest BCUT2D eigenvalue weighted by Gasteiger charge is 2.18. The fourth-order valence-electron chi connectivity index (χ4n) is 2.98. The Kier molecular flexibility index (Phi) is 4.61. The molecule has 0 radical (unpaired) electrons. The van der Waals surface area contributed by atoms with Crippen LogP contribution in [0.4, 0.5) is 0 Å². The number of fused-ring (bicyclic) bond motifs is 1. The quantitative estimate of drug-likeness (QED) is 0.698. The van der Waals surface area contributed by atoms with Crippen LogP contribution in [0.2, 0.25) is 0 Å². The third-order valence-electron chi connectivity index (χ3n) is 4.15. The Morgan fingerprint density at radius 1 is 1.16 bits per heavy atom. The third-order valence-corrected chi connectivity index (χ3v) is 4.15. The standard InChI is InChI=1S/C21H21NO3/c1-5-25-14(3)19-17-11-6-13(2)12-18(17)22-21(23)20(19)15-7-9-16(24-4)10-8-15/h6-12H,3,5H2,1-2,4H3,(H,22,23). The number of methoxy groups -OCH3 is 1. The van der Waals surface area contributed by atoms with Crippen LogP contribution in [0.15, 0.2) is 53.8 Å². The summed E-state index contributed by atoms with van der Waals surface area (Å²) in [6.45, 7) is 8.43. The van der Waals surface area contributed by atoms with Crippen molar-refractivity contribution in [3.8, 4) is 16.9 Å². The van der Waals surface area contributed by atoms with Crippen molar-refractivity contribution in [2.45, 2.75) is 13.8 Å². The maximum atomic E-state index is 12.8. The van der Waals surface area contributed by atoms with E-state index in [9.17, 15) is 4.79 Å². The predicted octanol–water partition coefficient (Wildman–Crippen LogP) is 4.52. The number of hydrogen-bond acceptors (Lipinski definition) is 3. The number of aromatic amines is 1. The van der Waals surface area contributed by atoms with Crippen molar-refractivity contribution < 1.29 is 9.47 Å². The van der Waals surface area contributed by atoms with Gasteiger partial charge < -0.3 is 14.5 Å². The first-order valence-corrected chi connectivity index (χ1v) is 8.18. The molecule has 0 atom stereocenters. The molecule has 1 heterocycles. The van der Waals surface area contributed by atoms with Crippen molar-refractivity contribution in [3.63, 3.8) is 0 Å². The molecule has 3 aromatic rings. The van der Waals surface area contributed by atoms with Crippen LogP contribution >= 0.6 is 0 Å². The molecule has 0 unspecified atom stereocenters. The van der Waals surface area contributed by atoms with Gasteiger partial charge in [0.1, 0.15) is 11.5 Å². The minimum absolute atomic E-state index is 0.167. The summed E-state index contributed by atoms with van der Waals surface area (Å²) in [7, 11) is 1.61. The first-order chi connectivity index (χ1) is 12.0. The number of hydrogen-bond donors (Lipinski definition) is 1. The highest BCUT2D eigenvalue weighted by molar-refractivity contribution is 5.97. The highest BCUT2D eigenvalue weighted by Crippen LogP contribution is 2.32. The zero-order valence-corrected chi connectivity index (χ0v) is 14.7. The predicted molar refractivity (Wildman–Crippen MR) is 102 cm³/mol. The van der Waals surface area contributed by atoms with Crippen LogP contribution < -0.4 is 10.3 Å². The number of aryl methyl sites for hydroxylation is 1. The monoisotopic (exact) mass is 335 g/mol. The van der Waals surface area contributed by atoms with E-state index < -0.39 is 0 Å². The van der Waals surface area contributed by atoms with Crippen LogP contribution in [0.25, 0.3) is 27.8 Å². The maximum Gasteiger partial charge on any atom is 0.257 e. The molecule has 0 saturated heterocycles. The zero-order chi connectivity index (χ0) is 18.0. The second kappa shape index (κ2) is 6.85. The molecule has 25 heavy (non-hydrogen) atoms. The van der Waals surface area contributed by atoms with Crippen molar-refractivity contribution in [2.24, 2.45) is 0 Å². The van der Waals surface area contributed by atoms with Crippen LogP contribution in [-0.4, -0.2) is 18.7 Å². The lowest BCUT2D eigenvalue weighted by molar-refractivity contribution is 0.299. The number of benzene rings is 2. The first kappa shape index (κ1) is 16.8. The van der Waals surface area contributed by atoms with Crippen molar-refractivity contribution in [1.29, 1.82) is 0 Å². The van der Waals surface area contributed by atoms with Crippen molar-refractivity contribution in [2.75, 3.05) is 13.7 Å². The summed E-state index contributed by atoms with van der Waals surface area (Å²) in [6, 6.07) is 13.4. The molecule has 128 valence electrons. The Morgan fingerprint density at radius 2 is 1.88 bits per heavy atom. The van der Waals surface area contributed by atoms with Gasteiger partial charge in [0.2, 0.25) is 0 Å². The Morgan fingerprint density at radius 3 is 2.52 bits per heavy atom. The molecule has 1 N–H and O–H groups in total. The molecule has 0 spiro atoms. The molecular weight excluding hydrogens is 314 g/mol. The van der Waals surface area contributed by atoms with Gasteiger partial charge >= 0.3 is 0 Å². The van der Waals surface area contributed by atoms with Crippen LogP contribution in [0.1, 0.15) is 18.1 Å². The molecule has 0 aliphatic rings. The number of H-pyrrole nitrogens is 1. The van der Waals surface area contributed by atoms with E-state index in [1.54, 1.807) is 7.11 Å². The fraction of sp³-hybridized carbons (Fsp3) is 0.190. The van der Waals surface area contributed by atoms with E-state index in [-0.39, 0.29) is 5.56 Å². The summed E-state index contributed by atoms with van der Waals surface area (Å²) >= 11 is 0. The number of nitrogens with one attached hydrogen (secondary N) is 1. The minimum atomic E-state index is -0.167. The Hall–Kier alpha value is -3.01. The fourth-order valence-corrected chi connectivity index (χ4v) is 2.98. The molecule has 0 bridgehead atoms. The number of ether oxygens (including phenoxy) is 2. The second-order valence-electron chi connectivity index (χ2n) is 5.84. The van der Waals surface area contributed by atoms with Crippen LogP contribution in [-0.2, 0) is 4.74 Å². The largest absolute Gasteiger partial charge is 0.497 e. The summed E-state index contributed by atoms with van der Waals surface area (Å²) in [5, 5.41) is 0.912. The smallest absolute Gasteiger partial charge is 0.257 e. The molecule has 1 aromatic heterocycles. The molecule has 4 heteroatoms. The van der Waals surface area contributed by atoms with Crippen molar-refractivity contribution in [3.05, 3.63) is 70.5 Å². The van der Waals surface area contributed by atoms with E-state index in [4.69, 9.17) is 9.47 Å². The van der Waals surface area contributed by atoms with Crippen LogP contribution in [0.5, 0.6) is 5.75 Å². The number of pyridine rings is 1. The van der Waals surface area contributed by atoms with Crippen molar-refractivity contribution >= 4 is 16.7 Å². The van der Waals surface area contributed by atoms with Crippen molar-refractivity contribution in [1.82, 2.24) is 4.98 Å². The number of rotatable bonds is 5. The normalized spacial score (nSPS) is 10.7. The Balaban J connectivity index is 2.34. The second-order valence-corrected chi connectivity index (χ2v) is 5.84. The van der Waals surface area contributed by atoms with Gasteiger partial charge in [0.05, 0.1) is 19.3 Å². The molecule has 3 rings (SSSR count). The van der Waals surface area contributed by atoms with E-state index in [1.807, 2.05) is 56.3 Å². The molecule has 0 aliphatic heterocycles. The van der Waals surface area contributed by atoms with Gasteiger partial charge in [-0.1, -0.05) is 30.8 Å². The van der Waals surface area contributed by atoms with E-state index in [2.05, 4.69) is 11.6 Å². The average Bonchev–Trinajstić information content (AvgIpc) is 2.60. The Bertz CT molecular complexity index is 984. The van der Waals surface area contributed by atoms with Gasteiger partial charge in [-0.2, -0.15) is 0 Å². The van der Waals surface area contributed by atoms with Gasteiger partial charge in [0.15, 0.2) is 0 Å². The van der Waals surface area contributed by atoms with Gasteiger partial charge in [-0.3, -0.25) is 4.79 Å². The van der Waals surface area contributed by atoms with E-state index in [0.29, 0.717) is 17.9 Å². The first-order valence-electron chi connectivity index (χ1n) is 8.18. The van der Waals surface area contributed by atoms with Crippen LogP contribution in [0.3, 0.4) is 0 Å². The number of aromatic nitrogens is 1. The van der Waals surface area contributed by atoms with E-state index in [0.717, 1.165) is 33.3 Å². The lowest BCUT2D eigenvalue weighted by Crippen LogP contribution is -2.13.